The van der Waals surface area contributed by atoms with E-state index < -0.39 is 6.10 Å². The van der Waals surface area contributed by atoms with Crippen molar-refractivity contribution in [1.29, 1.82) is 0 Å². The molecule has 0 bridgehead atoms. The average Bonchev–Trinajstić information content (AvgIpc) is 3.17. The van der Waals surface area contributed by atoms with Gasteiger partial charge in [-0.2, -0.15) is 0 Å². The fourth-order valence-corrected chi connectivity index (χ4v) is 3.92. The molecule has 2 atom stereocenters. The summed E-state index contributed by atoms with van der Waals surface area (Å²) < 4.78 is 5.38. The van der Waals surface area contributed by atoms with Crippen molar-refractivity contribution < 1.29 is 14.3 Å². The van der Waals surface area contributed by atoms with Gasteiger partial charge in [-0.15, -0.1) is 0 Å². The third-order valence-corrected chi connectivity index (χ3v) is 5.39. The lowest BCUT2D eigenvalue weighted by molar-refractivity contribution is 0.0376. The predicted octanol–water partition coefficient (Wildman–Crippen LogP) is 3.94. The quantitative estimate of drug-likeness (QED) is 0.764. The number of aliphatic hydroxyl groups excluding tert-OH is 1. The number of β-amino-alcohol motifs (C(OH)–C–C–N with tert-alkyl or cyclic N) is 1. The number of oxazole rings is 1. The Morgan fingerprint density at radius 3 is 2.74 bits per heavy atom. The zero-order valence-corrected chi connectivity index (χ0v) is 15.6. The van der Waals surface area contributed by atoms with E-state index in [0.29, 0.717) is 24.5 Å². The fraction of sp³-hybridized carbons (Fsp3) is 0.364. The van der Waals surface area contributed by atoms with E-state index in [9.17, 15) is 9.90 Å². The topological polar surface area (TPSA) is 66.6 Å². The van der Waals surface area contributed by atoms with E-state index in [1.807, 2.05) is 26.0 Å². The number of aromatic nitrogens is 1. The second-order valence-electron chi connectivity index (χ2n) is 7.54. The van der Waals surface area contributed by atoms with Gasteiger partial charge in [0.15, 0.2) is 12.1 Å². The standard InChI is InChI=1S/C22H24N2O3/c1-14(2)21-20(23-13-27-21)22(26)24-10-9-18(19(25)12-24)17-8-7-15-5-3-4-6-16(15)11-17/h3-8,11,13-14,18-19,25H,9-10,12H2,1-2H3/t18-,19+/m1/s1. The summed E-state index contributed by atoms with van der Waals surface area (Å²) in [4.78, 5) is 18.6. The molecular formula is C22H24N2O3. The Bertz CT molecular complexity index is 963. The third-order valence-electron chi connectivity index (χ3n) is 5.39. The maximum atomic E-state index is 12.8. The molecule has 5 heteroatoms. The van der Waals surface area contributed by atoms with E-state index in [2.05, 4.69) is 35.3 Å². The van der Waals surface area contributed by atoms with Gasteiger partial charge in [0.1, 0.15) is 5.76 Å². The van der Waals surface area contributed by atoms with E-state index >= 15 is 0 Å². The van der Waals surface area contributed by atoms with Crippen molar-refractivity contribution in [3.63, 3.8) is 0 Å². The number of rotatable bonds is 3. The Hall–Kier alpha value is -2.66. The zero-order valence-electron chi connectivity index (χ0n) is 15.6. The van der Waals surface area contributed by atoms with E-state index in [4.69, 9.17) is 4.42 Å². The summed E-state index contributed by atoms with van der Waals surface area (Å²) in [7, 11) is 0. The molecule has 4 rings (SSSR count). The van der Waals surface area contributed by atoms with E-state index in [1.54, 1.807) is 4.90 Å². The second-order valence-corrected chi connectivity index (χ2v) is 7.54. The van der Waals surface area contributed by atoms with Gasteiger partial charge in [0.05, 0.1) is 6.10 Å². The molecule has 1 N–H and O–H groups in total. The maximum Gasteiger partial charge on any atom is 0.276 e. The summed E-state index contributed by atoms with van der Waals surface area (Å²) in [6.45, 7) is 4.84. The number of fused-ring (bicyclic) bond motifs is 1. The Balaban J connectivity index is 1.51. The molecule has 0 unspecified atom stereocenters. The molecule has 1 aliphatic heterocycles. The highest BCUT2D eigenvalue weighted by atomic mass is 16.3. The minimum absolute atomic E-state index is 0.0283. The molecule has 0 radical (unpaired) electrons. The van der Waals surface area contributed by atoms with Crippen LogP contribution in [-0.4, -0.2) is 40.1 Å². The summed E-state index contributed by atoms with van der Waals surface area (Å²) in [6, 6.07) is 14.5. The van der Waals surface area contributed by atoms with E-state index in [1.165, 1.54) is 17.2 Å². The van der Waals surface area contributed by atoms with Crippen LogP contribution in [0.15, 0.2) is 53.3 Å². The van der Waals surface area contributed by atoms with Crippen LogP contribution >= 0.6 is 0 Å². The van der Waals surface area contributed by atoms with Gasteiger partial charge < -0.3 is 14.4 Å². The number of nitrogens with zero attached hydrogens (tertiary/aromatic N) is 2. The molecule has 3 aromatic rings. The molecule has 1 fully saturated rings. The number of carbonyl (C=O) groups is 1. The van der Waals surface area contributed by atoms with Crippen LogP contribution in [0.1, 0.15) is 53.9 Å². The van der Waals surface area contributed by atoms with Gasteiger partial charge in [-0.1, -0.05) is 56.3 Å². The van der Waals surface area contributed by atoms with Crippen LogP contribution in [0.3, 0.4) is 0 Å². The van der Waals surface area contributed by atoms with Crippen molar-refractivity contribution in [1.82, 2.24) is 9.88 Å². The predicted molar refractivity (Wildman–Crippen MR) is 104 cm³/mol. The molecule has 0 spiro atoms. The maximum absolute atomic E-state index is 12.8. The largest absolute Gasteiger partial charge is 0.447 e. The molecular weight excluding hydrogens is 340 g/mol. The Kier molecular flexibility index (Phi) is 4.70. The fourth-order valence-electron chi connectivity index (χ4n) is 3.92. The molecule has 1 amide bonds. The lowest BCUT2D eigenvalue weighted by atomic mass is 9.86. The molecule has 0 saturated carbocycles. The van der Waals surface area contributed by atoms with Crippen molar-refractivity contribution in [3.8, 4) is 0 Å². The first-order valence-electron chi connectivity index (χ1n) is 9.44. The number of carbonyl (C=O) groups excluding carboxylic acids is 1. The van der Waals surface area contributed by atoms with Gasteiger partial charge in [0, 0.05) is 24.9 Å². The average molecular weight is 364 g/mol. The van der Waals surface area contributed by atoms with Crippen LogP contribution in [0.25, 0.3) is 10.8 Å². The van der Waals surface area contributed by atoms with Gasteiger partial charge in [-0.05, 0) is 22.8 Å². The third kappa shape index (κ3) is 3.35. The molecule has 5 nitrogen and oxygen atoms in total. The van der Waals surface area contributed by atoms with Crippen molar-refractivity contribution in [2.24, 2.45) is 0 Å². The van der Waals surface area contributed by atoms with Crippen LogP contribution in [-0.2, 0) is 0 Å². The Morgan fingerprint density at radius 2 is 2.00 bits per heavy atom. The number of piperidine rings is 1. The van der Waals surface area contributed by atoms with E-state index in [0.717, 1.165) is 12.0 Å². The molecule has 0 aliphatic carbocycles. The van der Waals surface area contributed by atoms with Crippen LogP contribution in [0.2, 0.25) is 0 Å². The first-order chi connectivity index (χ1) is 13.0. The van der Waals surface area contributed by atoms with E-state index in [-0.39, 0.29) is 17.7 Å². The first kappa shape index (κ1) is 17.7. The highest BCUT2D eigenvalue weighted by Gasteiger charge is 2.33. The molecule has 140 valence electrons. The highest BCUT2D eigenvalue weighted by Crippen LogP contribution is 2.31. The first-order valence-corrected chi connectivity index (χ1v) is 9.44. The summed E-state index contributed by atoms with van der Waals surface area (Å²) in [5.74, 6) is 0.557. The summed E-state index contributed by atoms with van der Waals surface area (Å²) in [5.41, 5.74) is 1.49. The number of likely N-dealkylation sites (tertiary alicyclic amines) is 1. The van der Waals surface area contributed by atoms with Crippen LogP contribution in [0, 0.1) is 0 Å². The molecule has 1 saturated heterocycles. The SMILES string of the molecule is CC(C)c1ocnc1C(=O)N1CC[C@H](c2ccc3ccccc3c2)[C@@H](O)C1. The van der Waals surface area contributed by atoms with Gasteiger partial charge in [0.2, 0.25) is 0 Å². The highest BCUT2D eigenvalue weighted by molar-refractivity contribution is 5.93. The molecule has 1 aliphatic rings. The Morgan fingerprint density at radius 1 is 1.22 bits per heavy atom. The minimum Gasteiger partial charge on any atom is -0.447 e. The number of benzene rings is 2. The number of aliphatic hydroxyl groups is 1. The lowest BCUT2D eigenvalue weighted by Crippen LogP contribution is -2.46. The number of hydrogen-bond donors (Lipinski definition) is 1. The van der Waals surface area contributed by atoms with Crippen molar-refractivity contribution in [3.05, 3.63) is 65.9 Å². The second kappa shape index (κ2) is 7.16. The summed E-state index contributed by atoms with van der Waals surface area (Å²) in [6.07, 6.45) is 1.44. The molecule has 2 heterocycles. The normalized spacial score (nSPS) is 20.4. The number of hydrogen-bond acceptors (Lipinski definition) is 4. The molecule has 1 aromatic heterocycles. The number of amides is 1. The van der Waals surface area contributed by atoms with Crippen LogP contribution < -0.4 is 0 Å². The monoisotopic (exact) mass is 364 g/mol. The van der Waals surface area contributed by atoms with Gasteiger partial charge in [-0.25, -0.2) is 4.98 Å². The van der Waals surface area contributed by atoms with Crippen molar-refractivity contribution in [2.45, 2.75) is 38.2 Å². The van der Waals surface area contributed by atoms with Crippen LogP contribution in [0.4, 0.5) is 0 Å². The molecule has 27 heavy (non-hydrogen) atoms. The Labute approximate surface area is 158 Å². The zero-order chi connectivity index (χ0) is 19.0. The minimum atomic E-state index is -0.599. The molecule has 2 aromatic carbocycles. The lowest BCUT2D eigenvalue weighted by Gasteiger charge is -2.36. The summed E-state index contributed by atoms with van der Waals surface area (Å²) in [5, 5.41) is 13.1. The van der Waals surface area contributed by atoms with Crippen molar-refractivity contribution >= 4 is 16.7 Å². The smallest absolute Gasteiger partial charge is 0.276 e. The van der Waals surface area contributed by atoms with Gasteiger partial charge >= 0.3 is 0 Å². The van der Waals surface area contributed by atoms with Crippen LogP contribution in [0.5, 0.6) is 0 Å². The van der Waals surface area contributed by atoms with Crippen molar-refractivity contribution in [2.75, 3.05) is 13.1 Å². The van der Waals surface area contributed by atoms with Gasteiger partial charge in [-0.3, -0.25) is 4.79 Å². The summed E-state index contributed by atoms with van der Waals surface area (Å²) >= 11 is 0. The van der Waals surface area contributed by atoms with Gasteiger partial charge in [0.25, 0.3) is 5.91 Å².